The third kappa shape index (κ3) is 2.68. The summed E-state index contributed by atoms with van der Waals surface area (Å²) in [5, 5.41) is 0.368. The fourth-order valence-electron chi connectivity index (χ4n) is 1.70. The number of nitrogens with zero attached hydrogens (tertiary/aromatic N) is 3. The molecule has 2 rings (SSSR count). The number of anilines is 1. The molecule has 2 N–H and O–H groups in total. The number of rotatable bonds is 3. The minimum atomic E-state index is -0.394. The number of hydrogen-bond donors (Lipinski definition) is 1. The van der Waals surface area contributed by atoms with Crippen LogP contribution < -0.4 is 17.0 Å². The van der Waals surface area contributed by atoms with Gasteiger partial charge < -0.3 is 10.3 Å². The third-order valence-corrected chi connectivity index (χ3v) is 3.07. The number of hydrogen-bond acceptors (Lipinski definition) is 4. The van der Waals surface area contributed by atoms with Gasteiger partial charge in [0.1, 0.15) is 5.82 Å². The van der Waals surface area contributed by atoms with Crippen LogP contribution in [0.3, 0.4) is 0 Å². The first-order valence-corrected chi connectivity index (χ1v) is 6.12. The van der Waals surface area contributed by atoms with Crippen LogP contribution in [-0.4, -0.2) is 14.1 Å². The Balaban J connectivity index is 2.52. The standard InChI is InChI=1S/C12H13ClN4O2/c1-2-16-6-5-11(18)17(12(16)19)7-9-8(13)3-4-10(14)15-9/h3-6H,2,7H2,1H3,(H2,14,15). The molecular weight excluding hydrogens is 268 g/mol. The first-order chi connectivity index (χ1) is 9.02. The van der Waals surface area contributed by atoms with Gasteiger partial charge in [0.2, 0.25) is 0 Å². The van der Waals surface area contributed by atoms with E-state index in [-0.39, 0.29) is 6.54 Å². The lowest BCUT2D eigenvalue weighted by Crippen LogP contribution is -2.39. The number of halogens is 1. The minimum absolute atomic E-state index is 0.00236. The van der Waals surface area contributed by atoms with Gasteiger partial charge in [-0.1, -0.05) is 11.6 Å². The molecule has 2 heterocycles. The second kappa shape index (κ2) is 5.27. The van der Waals surface area contributed by atoms with Gasteiger partial charge in [-0.25, -0.2) is 9.78 Å². The van der Waals surface area contributed by atoms with E-state index in [0.717, 1.165) is 4.57 Å². The molecule has 0 unspecified atom stereocenters. The molecule has 0 aromatic carbocycles. The van der Waals surface area contributed by atoms with Gasteiger partial charge in [0.15, 0.2) is 0 Å². The van der Waals surface area contributed by atoms with Crippen molar-refractivity contribution in [1.82, 2.24) is 14.1 Å². The number of aromatic nitrogens is 3. The van der Waals surface area contributed by atoms with Gasteiger partial charge in [0, 0.05) is 18.8 Å². The fourth-order valence-corrected chi connectivity index (χ4v) is 1.87. The van der Waals surface area contributed by atoms with Crippen LogP contribution in [0.4, 0.5) is 5.82 Å². The van der Waals surface area contributed by atoms with Crippen molar-refractivity contribution in [3.8, 4) is 0 Å². The second-order valence-corrected chi connectivity index (χ2v) is 4.38. The molecule has 7 heteroatoms. The Hall–Kier alpha value is -2.08. The maximum absolute atomic E-state index is 12.0. The molecular formula is C12H13ClN4O2. The molecule has 0 aliphatic rings. The maximum atomic E-state index is 12.0. The summed E-state index contributed by atoms with van der Waals surface area (Å²) in [5.74, 6) is 0.291. The molecule has 2 aromatic rings. The zero-order valence-corrected chi connectivity index (χ0v) is 11.1. The summed E-state index contributed by atoms with van der Waals surface area (Å²) in [4.78, 5) is 27.8. The highest BCUT2D eigenvalue weighted by Crippen LogP contribution is 2.15. The molecule has 0 radical (unpaired) electrons. The molecule has 2 aromatic heterocycles. The van der Waals surface area contributed by atoms with Gasteiger partial charge >= 0.3 is 5.69 Å². The minimum Gasteiger partial charge on any atom is -0.384 e. The lowest BCUT2D eigenvalue weighted by molar-refractivity contribution is 0.595. The van der Waals surface area contributed by atoms with Crippen molar-refractivity contribution in [3.05, 3.63) is 56.0 Å². The Morgan fingerprint density at radius 2 is 2.05 bits per heavy atom. The summed E-state index contributed by atoms with van der Waals surface area (Å²) in [6, 6.07) is 4.49. The molecule has 100 valence electrons. The van der Waals surface area contributed by atoms with E-state index in [2.05, 4.69) is 4.98 Å². The first-order valence-electron chi connectivity index (χ1n) is 5.74. The SMILES string of the molecule is CCn1ccc(=O)n(Cc2nc(N)ccc2Cl)c1=O. The first kappa shape index (κ1) is 13.4. The highest BCUT2D eigenvalue weighted by atomic mass is 35.5. The predicted molar refractivity (Wildman–Crippen MR) is 73.4 cm³/mol. The molecule has 0 atom stereocenters. The van der Waals surface area contributed by atoms with E-state index in [1.54, 1.807) is 12.1 Å². The number of nitrogens with two attached hydrogens (primary N) is 1. The molecule has 0 amide bonds. The average molecular weight is 281 g/mol. The van der Waals surface area contributed by atoms with Gasteiger partial charge in [0.25, 0.3) is 5.56 Å². The monoisotopic (exact) mass is 280 g/mol. The summed E-state index contributed by atoms with van der Waals surface area (Å²) in [6.07, 6.45) is 1.47. The third-order valence-electron chi connectivity index (χ3n) is 2.73. The van der Waals surface area contributed by atoms with Crippen LogP contribution in [0.1, 0.15) is 12.6 Å². The van der Waals surface area contributed by atoms with Crippen molar-refractivity contribution in [3.63, 3.8) is 0 Å². The highest BCUT2D eigenvalue weighted by molar-refractivity contribution is 6.31. The van der Waals surface area contributed by atoms with E-state index in [1.165, 1.54) is 16.8 Å². The van der Waals surface area contributed by atoms with Gasteiger partial charge in [0.05, 0.1) is 17.3 Å². The van der Waals surface area contributed by atoms with E-state index in [9.17, 15) is 9.59 Å². The van der Waals surface area contributed by atoms with Gasteiger partial charge in [-0.05, 0) is 19.1 Å². The Kier molecular flexibility index (Phi) is 3.71. The van der Waals surface area contributed by atoms with Crippen LogP contribution in [0.25, 0.3) is 0 Å². The fraction of sp³-hybridized carbons (Fsp3) is 0.250. The summed E-state index contributed by atoms with van der Waals surface area (Å²) in [7, 11) is 0. The van der Waals surface area contributed by atoms with E-state index in [4.69, 9.17) is 17.3 Å². The van der Waals surface area contributed by atoms with Gasteiger partial charge in [-0.3, -0.25) is 9.36 Å². The summed E-state index contributed by atoms with van der Waals surface area (Å²) in [6.45, 7) is 2.31. The summed E-state index contributed by atoms with van der Waals surface area (Å²) in [5.41, 5.74) is 5.18. The zero-order valence-electron chi connectivity index (χ0n) is 10.3. The number of aryl methyl sites for hydroxylation is 1. The van der Waals surface area contributed by atoms with Crippen LogP contribution in [0.15, 0.2) is 34.0 Å². The van der Waals surface area contributed by atoms with E-state index < -0.39 is 11.2 Å². The molecule has 6 nitrogen and oxygen atoms in total. The topological polar surface area (TPSA) is 82.9 Å². The van der Waals surface area contributed by atoms with Crippen LogP contribution in [0.5, 0.6) is 0 Å². The van der Waals surface area contributed by atoms with Crippen LogP contribution >= 0.6 is 11.6 Å². The zero-order chi connectivity index (χ0) is 14.0. The molecule has 0 saturated heterocycles. The molecule has 0 fully saturated rings. The van der Waals surface area contributed by atoms with Crippen molar-refractivity contribution in [1.29, 1.82) is 0 Å². The van der Waals surface area contributed by atoms with Crippen molar-refractivity contribution in [2.45, 2.75) is 20.0 Å². The Morgan fingerprint density at radius 1 is 1.32 bits per heavy atom. The number of pyridine rings is 1. The Bertz CT molecular complexity index is 720. The van der Waals surface area contributed by atoms with Crippen molar-refractivity contribution >= 4 is 17.4 Å². The number of nitrogen functional groups attached to an aromatic ring is 1. The van der Waals surface area contributed by atoms with E-state index in [0.29, 0.717) is 23.1 Å². The molecule has 0 aliphatic heterocycles. The Labute approximate surface area is 114 Å². The summed E-state index contributed by atoms with van der Waals surface area (Å²) >= 11 is 5.98. The normalized spacial score (nSPS) is 10.6. The summed E-state index contributed by atoms with van der Waals surface area (Å²) < 4.78 is 2.51. The molecule has 0 spiro atoms. The highest BCUT2D eigenvalue weighted by Gasteiger charge is 2.09. The van der Waals surface area contributed by atoms with Gasteiger partial charge in [-0.2, -0.15) is 0 Å². The van der Waals surface area contributed by atoms with Crippen molar-refractivity contribution in [2.75, 3.05) is 5.73 Å². The van der Waals surface area contributed by atoms with E-state index >= 15 is 0 Å². The average Bonchev–Trinajstić information content (AvgIpc) is 2.38. The smallest absolute Gasteiger partial charge is 0.331 e. The van der Waals surface area contributed by atoms with Crippen LogP contribution in [0.2, 0.25) is 5.02 Å². The second-order valence-electron chi connectivity index (χ2n) is 3.97. The maximum Gasteiger partial charge on any atom is 0.331 e. The van der Waals surface area contributed by atoms with Crippen LogP contribution in [-0.2, 0) is 13.1 Å². The predicted octanol–water partition coefficient (Wildman–Crippen LogP) is 0.709. The van der Waals surface area contributed by atoms with E-state index in [1.807, 2.05) is 6.92 Å². The molecule has 0 aliphatic carbocycles. The molecule has 19 heavy (non-hydrogen) atoms. The van der Waals surface area contributed by atoms with Crippen LogP contribution in [0, 0.1) is 0 Å². The largest absolute Gasteiger partial charge is 0.384 e. The lowest BCUT2D eigenvalue weighted by Gasteiger charge is -2.09. The Morgan fingerprint density at radius 3 is 2.74 bits per heavy atom. The van der Waals surface area contributed by atoms with Crippen molar-refractivity contribution in [2.24, 2.45) is 0 Å². The lowest BCUT2D eigenvalue weighted by atomic mass is 10.3. The van der Waals surface area contributed by atoms with Gasteiger partial charge in [-0.15, -0.1) is 0 Å². The molecule has 0 bridgehead atoms. The quantitative estimate of drug-likeness (QED) is 0.897. The molecule has 0 saturated carbocycles. The van der Waals surface area contributed by atoms with Crippen molar-refractivity contribution < 1.29 is 0 Å².